The van der Waals surface area contributed by atoms with Gasteiger partial charge in [-0.2, -0.15) is 0 Å². The molecule has 2 aliphatic rings. The summed E-state index contributed by atoms with van der Waals surface area (Å²) in [6, 6.07) is 0.541. The van der Waals surface area contributed by atoms with Crippen molar-refractivity contribution in [2.24, 2.45) is 10.7 Å². The van der Waals surface area contributed by atoms with Gasteiger partial charge in [-0.25, -0.2) is 4.99 Å². The third kappa shape index (κ3) is 2.38. The lowest BCUT2D eigenvalue weighted by molar-refractivity contribution is 0.188. The smallest absolute Gasteiger partial charge is 0.191 e. The Morgan fingerprint density at radius 3 is 2.43 bits per heavy atom. The molecule has 0 atom stereocenters. The zero-order chi connectivity index (χ0) is 9.97. The van der Waals surface area contributed by atoms with Gasteiger partial charge in [0.05, 0.1) is 6.04 Å². The van der Waals surface area contributed by atoms with Crippen LogP contribution in [0.4, 0.5) is 0 Å². The van der Waals surface area contributed by atoms with Crippen molar-refractivity contribution in [1.29, 1.82) is 0 Å². The average Bonchev–Trinajstić information content (AvgIpc) is 3.02. The summed E-state index contributed by atoms with van der Waals surface area (Å²) in [5, 5.41) is 0. The van der Waals surface area contributed by atoms with E-state index in [9.17, 15) is 0 Å². The van der Waals surface area contributed by atoms with Crippen LogP contribution in [0.5, 0.6) is 0 Å². The molecule has 1 saturated heterocycles. The fraction of sp³-hybridized carbons (Fsp3) is 0.900. The van der Waals surface area contributed by atoms with Crippen LogP contribution in [0, 0.1) is 0 Å². The standard InChI is InChI=1S/C10H20N4/c1-2-13-5-7-14(8-6-13)10(11)12-9-3-4-9/h9H,2-8H2,1H3,(H2,11,12). The van der Waals surface area contributed by atoms with Crippen LogP contribution in [0.3, 0.4) is 0 Å². The van der Waals surface area contributed by atoms with Crippen LogP contribution >= 0.6 is 0 Å². The molecule has 4 heteroatoms. The van der Waals surface area contributed by atoms with Gasteiger partial charge in [0.1, 0.15) is 0 Å². The van der Waals surface area contributed by atoms with Gasteiger partial charge in [0.2, 0.25) is 0 Å². The molecule has 0 radical (unpaired) electrons. The number of aliphatic imine (C=N–C) groups is 1. The van der Waals surface area contributed by atoms with Crippen molar-refractivity contribution < 1.29 is 0 Å². The van der Waals surface area contributed by atoms with Gasteiger partial charge in [-0.15, -0.1) is 0 Å². The highest BCUT2D eigenvalue weighted by Gasteiger charge is 2.23. The Hall–Kier alpha value is -0.770. The second-order valence-electron chi connectivity index (χ2n) is 4.14. The minimum atomic E-state index is 0.541. The lowest BCUT2D eigenvalue weighted by Crippen LogP contribution is -2.51. The number of rotatable bonds is 2. The number of hydrogen-bond acceptors (Lipinski definition) is 2. The fourth-order valence-corrected chi connectivity index (χ4v) is 1.77. The highest BCUT2D eigenvalue weighted by molar-refractivity contribution is 5.78. The second kappa shape index (κ2) is 4.17. The molecule has 0 spiro atoms. The lowest BCUT2D eigenvalue weighted by Gasteiger charge is -2.34. The Morgan fingerprint density at radius 1 is 1.29 bits per heavy atom. The number of nitrogens with two attached hydrogens (primary N) is 1. The van der Waals surface area contributed by atoms with Crippen molar-refractivity contribution in [1.82, 2.24) is 9.80 Å². The van der Waals surface area contributed by atoms with Crippen molar-refractivity contribution in [2.75, 3.05) is 32.7 Å². The fourth-order valence-electron chi connectivity index (χ4n) is 1.77. The number of guanidine groups is 1. The van der Waals surface area contributed by atoms with E-state index in [-0.39, 0.29) is 0 Å². The van der Waals surface area contributed by atoms with E-state index in [1.54, 1.807) is 0 Å². The molecular formula is C10H20N4. The summed E-state index contributed by atoms with van der Waals surface area (Å²) in [6.07, 6.45) is 2.46. The SMILES string of the molecule is CCN1CCN(C(N)=NC2CC2)CC1. The molecule has 0 aromatic carbocycles. The Balaban J connectivity index is 1.81. The maximum atomic E-state index is 5.93. The van der Waals surface area contributed by atoms with Gasteiger partial charge in [-0.3, -0.25) is 0 Å². The van der Waals surface area contributed by atoms with E-state index in [1.807, 2.05) is 0 Å². The first-order valence-corrected chi connectivity index (χ1v) is 5.60. The third-order valence-corrected chi connectivity index (χ3v) is 3.01. The van der Waals surface area contributed by atoms with E-state index in [4.69, 9.17) is 5.73 Å². The van der Waals surface area contributed by atoms with E-state index in [0.29, 0.717) is 6.04 Å². The normalized spacial score (nSPS) is 25.5. The Labute approximate surface area is 85.8 Å². The van der Waals surface area contributed by atoms with Crippen LogP contribution in [0.15, 0.2) is 4.99 Å². The summed E-state index contributed by atoms with van der Waals surface area (Å²) in [6.45, 7) is 7.67. The van der Waals surface area contributed by atoms with E-state index in [2.05, 4.69) is 21.7 Å². The molecule has 1 saturated carbocycles. The summed E-state index contributed by atoms with van der Waals surface area (Å²) in [4.78, 5) is 9.12. The first kappa shape index (κ1) is 9.77. The van der Waals surface area contributed by atoms with Crippen LogP contribution in [-0.4, -0.2) is 54.5 Å². The number of hydrogen-bond donors (Lipinski definition) is 1. The van der Waals surface area contributed by atoms with Crippen molar-refractivity contribution in [3.63, 3.8) is 0 Å². The van der Waals surface area contributed by atoms with E-state index < -0.39 is 0 Å². The van der Waals surface area contributed by atoms with E-state index >= 15 is 0 Å². The van der Waals surface area contributed by atoms with Crippen LogP contribution < -0.4 is 5.73 Å². The van der Waals surface area contributed by atoms with Crippen molar-refractivity contribution >= 4 is 5.96 Å². The molecule has 14 heavy (non-hydrogen) atoms. The summed E-state index contributed by atoms with van der Waals surface area (Å²) in [7, 11) is 0. The zero-order valence-corrected chi connectivity index (χ0v) is 8.95. The predicted octanol–water partition coefficient (Wildman–Crippen LogP) is 0.101. The Bertz CT molecular complexity index is 214. The molecule has 2 rings (SSSR count). The van der Waals surface area contributed by atoms with Crippen LogP contribution in [-0.2, 0) is 0 Å². The highest BCUT2D eigenvalue weighted by Crippen LogP contribution is 2.23. The molecule has 0 amide bonds. The van der Waals surface area contributed by atoms with Crippen LogP contribution in [0.1, 0.15) is 19.8 Å². The lowest BCUT2D eigenvalue weighted by atomic mass is 10.3. The molecule has 1 heterocycles. The molecule has 2 N–H and O–H groups in total. The topological polar surface area (TPSA) is 44.9 Å². The first-order valence-electron chi connectivity index (χ1n) is 5.60. The Kier molecular flexibility index (Phi) is 2.91. The zero-order valence-electron chi connectivity index (χ0n) is 8.95. The highest BCUT2D eigenvalue weighted by atomic mass is 15.3. The summed E-state index contributed by atoms with van der Waals surface area (Å²) in [5.74, 6) is 0.767. The van der Waals surface area contributed by atoms with Gasteiger partial charge >= 0.3 is 0 Å². The van der Waals surface area contributed by atoms with Gasteiger partial charge in [-0.05, 0) is 19.4 Å². The molecule has 2 fully saturated rings. The quantitative estimate of drug-likeness (QED) is 0.503. The molecule has 0 aromatic rings. The molecule has 0 unspecified atom stereocenters. The van der Waals surface area contributed by atoms with Crippen molar-refractivity contribution in [3.8, 4) is 0 Å². The molecule has 80 valence electrons. The first-order chi connectivity index (χ1) is 6.79. The van der Waals surface area contributed by atoms with Crippen LogP contribution in [0.2, 0.25) is 0 Å². The monoisotopic (exact) mass is 196 g/mol. The molecule has 4 nitrogen and oxygen atoms in total. The average molecular weight is 196 g/mol. The number of piperazine rings is 1. The summed E-state index contributed by atoms with van der Waals surface area (Å²) >= 11 is 0. The van der Waals surface area contributed by atoms with E-state index in [0.717, 1.165) is 38.7 Å². The predicted molar refractivity (Wildman–Crippen MR) is 58.3 cm³/mol. The van der Waals surface area contributed by atoms with Gasteiger partial charge in [0.25, 0.3) is 0 Å². The van der Waals surface area contributed by atoms with Gasteiger partial charge in [0.15, 0.2) is 5.96 Å². The number of likely N-dealkylation sites (N-methyl/N-ethyl adjacent to an activating group) is 1. The van der Waals surface area contributed by atoms with E-state index in [1.165, 1.54) is 12.8 Å². The molecule has 0 bridgehead atoms. The van der Waals surface area contributed by atoms with Crippen molar-refractivity contribution in [3.05, 3.63) is 0 Å². The summed E-state index contributed by atoms with van der Waals surface area (Å²) in [5.41, 5.74) is 5.93. The van der Waals surface area contributed by atoms with Crippen molar-refractivity contribution in [2.45, 2.75) is 25.8 Å². The maximum absolute atomic E-state index is 5.93. The number of nitrogens with zero attached hydrogens (tertiary/aromatic N) is 3. The third-order valence-electron chi connectivity index (χ3n) is 3.01. The maximum Gasteiger partial charge on any atom is 0.191 e. The molecule has 0 aromatic heterocycles. The Morgan fingerprint density at radius 2 is 1.93 bits per heavy atom. The summed E-state index contributed by atoms with van der Waals surface area (Å²) < 4.78 is 0. The largest absolute Gasteiger partial charge is 0.370 e. The van der Waals surface area contributed by atoms with Gasteiger partial charge in [-0.1, -0.05) is 6.92 Å². The molecular weight excluding hydrogens is 176 g/mol. The minimum Gasteiger partial charge on any atom is -0.370 e. The minimum absolute atomic E-state index is 0.541. The van der Waals surface area contributed by atoms with Gasteiger partial charge in [0, 0.05) is 26.2 Å². The molecule has 1 aliphatic carbocycles. The van der Waals surface area contributed by atoms with Gasteiger partial charge < -0.3 is 15.5 Å². The van der Waals surface area contributed by atoms with Crippen LogP contribution in [0.25, 0.3) is 0 Å². The second-order valence-corrected chi connectivity index (χ2v) is 4.14. The molecule has 1 aliphatic heterocycles.